The van der Waals surface area contributed by atoms with Gasteiger partial charge in [0.25, 0.3) is 5.91 Å². The topological polar surface area (TPSA) is 100 Å². The summed E-state index contributed by atoms with van der Waals surface area (Å²) in [5.41, 5.74) is 2.34. The standard InChI is InChI=1S/C28H29F3N8O/c1-17-5-6-22(13-23(17)36-26-9-18(2)37-39(26)25-14-24(32-3)33-16-34-25)35-27(40)20-10-19(15-38-7-4-8-38)11-21(12-20)28(29,30)31/h5-6,9-14,16,36H,4,7-8,15H2,1-3H3,(H,35,40)(H,32,33,34). The van der Waals surface area contributed by atoms with Crippen LogP contribution in [0, 0.1) is 13.8 Å². The number of carbonyl (C=O) groups is 1. The van der Waals surface area contributed by atoms with Crippen LogP contribution in [-0.4, -0.2) is 50.7 Å². The second kappa shape index (κ2) is 11.0. The number of nitrogens with one attached hydrogen (secondary N) is 3. The highest BCUT2D eigenvalue weighted by Gasteiger charge is 2.32. The van der Waals surface area contributed by atoms with Gasteiger partial charge in [0.2, 0.25) is 0 Å². The van der Waals surface area contributed by atoms with Crippen LogP contribution in [0.25, 0.3) is 5.82 Å². The zero-order valence-corrected chi connectivity index (χ0v) is 22.3. The first-order valence-corrected chi connectivity index (χ1v) is 12.8. The quantitative estimate of drug-likeness (QED) is 0.265. The number of likely N-dealkylation sites (tertiary alicyclic amines) is 1. The van der Waals surface area contributed by atoms with Gasteiger partial charge in [-0.2, -0.15) is 23.0 Å². The highest BCUT2D eigenvalue weighted by Crippen LogP contribution is 2.32. The van der Waals surface area contributed by atoms with E-state index in [-0.39, 0.29) is 5.56 Å². The minimum Gasteiger partial charge on any atom is -0.373 e. The Morgan fingerprint density at radius 3 is 2.52 bits per heavy atom. The van der Waals surface area contributed by atoms with Gasteiger partial charge in [-0.3, -0.25) is 9.69 Å². The Labute approximate surface area is 229 Å². The van der Waals surface area contributed by atoms with Crippen molar-refractivity contribution in [1.29, 1.82) is 0 Å². The first-order chi connectivity index (χ1) is 19.1. The molecule has 1 saturated heterocycles. The molecule has 0 atom stereocenters. The maximum atomic E-state index is 13.6. The van der Waals surface area contributed by atoms with Crippen LogP contribution in [0.3, 0.4) is 0 Å². The van der Waals surface area contributed by atoms with Gasteiger partial charge in [-0.15, -0.1) is 0 Å². The molecule has 0 spiro atoms. The molecule has 1 aliphatic rings. The zero-order chi connectivity index (χ0) is 28.4. The highest BCUT2D eigenvalue weighted by molar-refractivity contribution is 6.04. The van der Waals surface area contributed by atoms with Crippen molar-refractivity contribution < 1.29 is 18.0 Å². The Bertz CT molecular complexity index is 1550. The molecule has 3 heterocycles. The molecule has 5 rings (SSSR count). The number of benzene rings is 2. The second-order valence-electron chi connectivity index (χ2n) is 9.75. The number of alkyl halides is 3. The summed E-state index contributed by atoms with van der Waals surface area (Å²) in [6.45, 7) is 5.81. The van der Waals surface area contributed by atoms with Crippen molar-refractivity contribution in [1.82, 2.24) is 24.6 Å². The molecule has 9 nitrogen and oxygen atoms in total. The fraction of sp³-hybridized carbons (Fsp3) is 0.286. The van der Waals surface area contributed by atoms with Crippen molar-refractivity contribution in [3.05, 3.63) is 82.8 Å². The molecule has 1 fully saturated rings. The van der Waals surface area contributed by atoms with Crippen LogP contribution in [0.2, 0.25) is 0 Å². The monoisotopic (exact) mass is 550 g/mol. The summed E-state index contributed by atoms with van der Waals surface area (Å²) in [5, 5.41) is 13.6. The Kier molecular flexibility index (Phi) is 7.44. The van der Waals surface area contributed by atoms with Crippen molar-refractivity contribution in [2.24, 2.45) is 0 Å². The summed E-state index contributed by atoms with van der Waals surface area (Å²) in [6, 6.07) is 12.4. The molecule has 0 saturated carbocycles. The number of carbonyl (C=O) groups excluding carboxylic acids is 1. The van der Waals surface area contributed by atoms with Gasteiger partial charge in [-0.1, -0.05) is 6.07 Å². The Morgan fingerprint density at radius 2 is 1.82 bits per heavy atom. The third-order valence-electron chi connectivity index (χ3n) is 6.65. The lowest BCUT2D eigenvalue weighted by Gasteiger charge is -2.31. The lowest BCUT2D eigenvalue weighted by molar-refractivity contribution is -0.137. The molecule has 0 radical (unpaired) electrons. The van der Waals surface area contributed by atoms with Crippen LogP contribution in [0.5, 0.6) is 0 Å². The van der Waals surface area contributed by atoms with E-state index in [0.717, 1.165) is 42.9 Å². The van der Waals surface area contributed by atoms with E-state index in [1.54, 1.807) is 29.9 Å². The second-order valence-corrected chi connectivity index (χ2v) is 9.75. The van der Waals surface area contributed by atoms with Crippen molar-refractivity contribution in [3.8, 4) is 5.82 Å². The van der Waals surface area contributed by atoms with Gasteiger partial charge in [-0.05, 0) is 74.8 Å². The average Bonchev–Trinajstić information content (AvgIpc) is 3.27. The molecule has 3 N–H and O–H groups in total. The molecule has 0 bridgehead atoms. The molecular weight excluding hydrogens is 521 g/mol. The molecule has 0 aliphatic carbocycles. The summed E-state index contributed by atoms with van der Waals surface area (Å²) < 4.78 is 42.5. The van der Waals surface area contributed by atoms with E-state index in [0.29, 0.717) is 40.9 Å². The van der Waals surface area contributed by atoms with Crippen LogP contribution in [-0.2, 0) is 12.7 Å². The van der Waals surface area contributed by atoms with Gasteiger partial charge in [0.15, 0.2) is 5.82 Å². The van der Waals surface area contributed by atoms with Gasteiger partial charge in [-0.25, -0.2) is 9.97 Å². The maximum Gasteiger partial charge on any atom is 0.416 e. The fourth-order valence-corrected chi connectivity index (χ4v) is 4.41. The normalized spacial score (nSPS) is 13.6. The van der Waals surface area contributed by atoms with Crippen LogP contribution >= 0.6 is 0 Å². The first-order valence-electron chi connectivity index (χ1n) is 12.8. The first kappa shape index (κ1) is 27.1. The number of hydrogen-bond acceptors (Lipinski definition) is 7. The van der Waals surface area contributed by atoms with Crippen molar-refractivity contribution in [3.63, 3.8) is 0 Å². The molecule has 40 heavy (non-hydrogen) atoms. The van der Waals surface area contributed by atoms with E-state index in [2.05, 4.69) is 31.0 Å². The number of rotatable bonds is 8. The van der Waals surface area contributed by atoms with Gasteiger partial charge in [0.1, 0.15) is 18.0 Å². The summed E-state index contributed by atoms with van der Waals surface area (Å²) in [7, 11) is 1.76. The maximum absolute atomic E-state index is 13.6. The molecule has 1 aliphatic heterocycles. The molecule has 208 valence electrons. The molecular formula is C28H29F3N8O. The Morgan fingerprint density at radius 1 is 1.02 bits per heavy atom. The van der Waals surface area contributed by atoms with Crippen LogP contribution in [0.1, 0.15) is 39.2 Å². The molecule has 0 unspecified atom stereocenters. The van der Waals surface area contributed by atoms with E-state index in [9.17, 15) is 18.0 Å². The average molecular weight is 551 g/mol. The number of aryl methyl sites for hydroxylation is 2. The van der Waals surface area contributed by atoms with Gasteiger partial charge in [0.05, 0.1) is 11.3 Å². The highest BCUT2D eigenvalue weighted by atomic mass is 19.4. The minimum absolute atomic E-state index is 0.0433. The smallest absolute Gasteiger partial charge is 0.373 e. The summed E-state index contributed by atoms with van der Waals surface area (Å²) >= 11 is 0. The predicted molar refractivity (Wildman–Crippen MR) is 147 cm³/mol. The minimum atomic E-state index is -4.56. The van der Waals surface area contributed by atoms with Crippen LogP contribution < -0.4 is 16.0 Å². The molecule has 12 heteroatoms. The molecule has 2 aromatic heterocycles. The largest absolute Gasteiger partial charge is 0.416 e. The number of amides is 1. The Balaban J connectivity index is 1.39. The van der Waals surface area contributed by atoms with E-state index in [1.165, 1.54) is 12.4 Å². The predicted octanol–water partition coefficient (Wildman–Crippen LogP) is 5.54. The van der Waals surface area contributed by atoms with Crippen molar-refractivity contribution >= 4 is 28.9 Å². The van der Waals surface area contributed by atoms with Crippen LogP contribution in [0.15, 0.2) is 54.9 Å². The van der Waals surface area contributed by atoms with Gasteiger partial charge < -0.3 is 16.0 Å². The van der Waals surface area contributed by atoms with Crippen molar-refractivity contribution in [2.75, 3.05) is 36.1 Å². The summed E-state index contributed by atoms with van der Waals surface area (Å²) in [5.74, 6) is 1.20. The van der Waals surface area contributed by atoms with Gasteiger partial charge in [0, 0.05) is 42.7 Å². The number of aromatic nitrogens is 4. The SMILES string of the molecule is CNc1cc(-n2nc(C)cc2Nc2cc(NC(=O)c3cc(CN4CCC4)cc(C(F)(F)F)c3)ccc2C)ncn1. The Hall–Kier alpha value is -4.45. The summed E-state index contributed by atoms with van der Waals surface area (Å²) in [6.07, 6.45) is -2.10. The number of halogens is 3. The van der Waals surface area contributed by atoms with Crippen molar-refractivity contribution in [2.45, 2.75) is 33.0 Å². The van der Waals surface area contributed by atoms with E-state index in [1.807, 2.05) is 30.9 Å². The molecule has 2 aromatic carbocycles. The number of hydrogen-bond donors (Lipinski definition) is 3. The fourth-order valence-electron chi connectivity index (χ4n) is 4.41. The zero-order valence-electron chi connectivity index (χ0n) is 22.3. The van der Waals surface area contributed by atoms with E-state index in [4.69, 9.17) is 0 Å². The number of nitrogens with zero attached hydrogens (tertiary/aromatic N) is 5. The molecule has 4 aromatic rings. The molecule has 1 amide bonds. The summed E-state index contributed by atoms with van der Waals surface area (Å²) in [4.78, 5) is 23.6. The lowest BCUT2D eigenvalue weighted by atomic mass is 10.0. The van der Waals surface area contributed by atoms with E-state index < -0.39 is 17.6 Å². The lowest BCUT2D eigenvalue weighted by Crippen LogP contribution is -2.36. The number of anilines is 4. The van der Waals surface area contributed by atoms with E-state index >= 15 is 0 Å². The third-order valence-corrected chi connectivity index (χ3v) is 6.65. The van der Waals surface area contributed by atoms with Gasteiger partial charge >= 0.3 is 6.18 Å². The van der Waals surface area contributed by atoms with Crippen LogP contribution in [0.4, 0.5) is 36.2 Å². The third kappa shape index (κ3) is 6.07.